The van der Waals surface area contributed by atoms with Gasteiger partial charge in [-0.25, -0.2) is 0 Å². The summed E-state index contributed by atoms with van der Waals surface area (Å²) in [6, 6.07) is 0.598. The summed E-state index contributed by atoms with van der Waals surface area (Å²) in [5.41, 5.74) is 0. The van der Waals surface area contributed by atoms with E-state index in [4.69, 9.17) is 9.47 Å². The molecule has 2 saturated heterocycles. The van der Waals surface area contributed by atoms with Crippen LogP contribution < -0.4 is 5.32 Å². The Morgan fingerprint density at radius 2 is 2.25 bits per heavy atom. The summed E-state index contributed by atoms with van der Waals surface area (Å²) in [6.45, 7) is 5.01. The summed E-state index contributed by atoms with van der Waals surface area (Å²) < 4.78 is 11.0. The van der Waals surface area contributed by atoms with E-state index < -0.39 is 0 Å². The summed E-state index contributed by atoms with van der Waals surface area (Å²) in [7, 11) is 2.07. The minimum absolute atomic E-state index is 0.433. The third kappa shape index (κ3) is 3.13. The molecule has 0 spiro atoms. The third-order valence-corrected chi connectivity index (χ3v) is 5.30. The highest BCUT2D eigenvalue weighted by atomic mass is 32.2. The average molecular weight is 245 g/mol. The number of hydrogen-bond acceptors (Lipinski definition) is 4. The third-order valence-electron chi connectivity index (χ3n) is 3.70. The smallest absolute Gasteiger partial charge is 0.0666 e. The van der Waals surface area contributed by atoms with Crippen LogP contribution in [-0.4, -0.2) is 50.0 Å². The molecule has 0 amide bonds. The van der Waals surface area contributed by atoms with Gasteiger partial charge in [0.1, 0.15) is 0 Å². The lowest BCUT2D eigenvalue weighted by Crippen LogP contribution is -2.37. The Balaban J connectivity index is 1.73. The van der Waals surface area contributed by atoms with Crippen molar-refractivity contribution >= 4 is 11.8 Å². The van der Waals surface area contributed by atoms with Crippen molar-refractivity contribution in [2.45, 2.75) is 37.2 Å². The van der Waals surface area contributed by atoms with E-state index in [1.165, 1.54) is 18.6 Å². The second-order valence-electron chi connectivity index (χ2n) is 4.76. The van der Waals surface area contributed by atoms with Crippen LogP contribution in [0.25, 0.3) is 0 Å². The maximum absolute atomic E-state index is 5.59. The van der Waals surface area contributed by atoms with Gasteiger partial charge in [0.05, 0.1) is 12.7 Å². The molecule has 0 aromatic rings. The molecule has 4 unspecified atom stereocenters. The predicted molar refractivity (Wildman–Crippen MR) is 68.1 cm³/mol. The first-order chi connectivity index (χ1) is 7.81. The van der Waals surface area contributed by atoms with E-state index >= 15 is 0 Å². The highest BCUT2D eigenvalue weighted by Crippen LogP contribution is 2.28. The standard InChI is InChI=1S/C12H23NO2S/c1-9-12(4-6-15-9)16-8-11(13-2)10-3-5-14-7-10/h9-13H,3-8H2,1-2H3. The molecule has 94 valence electrons. The fraction of sp³-hybridized carbons (Fsp3) is 1.00. The van der Waals surface area contributed by atoms with Crippen LogP contribution >= 0.6 is 11.8 Å². The molecule has 2 aliphatic heterocycles. The van der Waals surface area contributed by atoms with Gasteiger partial charge in [-0.3, -0.25) is 0 Å². The van der Waals surface area contributed by atoms with Gasteiger partial charge >= 0.3 is 0 Å². The van der Waals surface area contributed by atoms with E-state index in [1.807, 2.05) is 0 Å². The monoisotopic (exact) mass is 245 g/mol. The van der Waals surface area contributed by atoms with Crippen molar-refractivity contribution in [2.75, 3.05) is 32.6 Å². The quantitative estimate of drug-likeness (QED) is 0.795. The second-order valence-corrected chi connectivity index (χ2v) is 6.03. The topological polar surface area (TPSA) is 30.5 Å². The summed E-state index contributed by atoms with van der Waals surface area (Å²) in [4.78, 5) is 0. The first-order valence-electron chi connectivity index (χ1n) is 6.29. The predicted octanol–water partition coefficient (Wildman–Crippen LogP) is 1.52. The van der Waals surface area contributed by atoms with Gasteiger partial charge in [0, 0.05) is 36.2 Å². The van der Waals surface area contributed by atoms with Gasteiger partial charge in [0.25, 0.3) is 0 Å². The highest BCUT2D eigenvalue weighted by Gasteiger charge is 2.29. The van der Waals surface area contributed by atoms with Crippen LogP contribution in [-0.2, 0) is 9.47 Å². The van der Waals surface area contributed by atoms with Crippen molar-refractivity contribution in [1.82, 2.24) is 5.32 Å². The molecule has 0 aliphatic carbocycles. The Hall–Kier alpha value is 0.230. The van der Waals surface area contributed by atoms with E-state index in [0.29, 0.717) is 23.3 Å². The van der Waals surface area contributed by atoms with Crippen molar-refractivity contribution in [1.29, 1.82) is 0 Å². The molecular formula is C12H23NO2S. The molecule has 4 atom stereocenters. The molecule has 4 heteroatoms. The fourth-order valence-corrected chi connectivity index (χ4v) is 3.99. The minimum atomic E-state index is 0.433. The van der Waals surface area contributed by atoms with Crippen LogP contribution in [0.2, 0.25) is 0 Å². The first kappa shape index (κ1) is 12.7. The molecule has 0 radical (unpaired) electrons. The van der Waals surface area contributed by atoms with Gasteiger partial charge in [-0.1, -0.05) is 0 Å². The SMILES string of the molecule is CNC(CSC1CCOC1C)C1CCOC1. The lowest BCUT2D eigenvalue weighted by atomic mass is 10.0. The van der Waals surface area contributed by atoms with Crippen LogP contribution in [0.5, 0.6) is 0 Å². The summed E-state index contributed by atoms with van der Waals surface area (Å²) in [5.74, 6) is 1.89. The fourth-order valence-electron chi connectivity index (χ4n) is 2.48. The van der Waals surface area contributed by atoms with Crippen LogP contribution in [0.15, 0.2) is 0 Å². The van der Waals surface area contributed by atoms with Crippen molar-refractivity contribution in [3.63, 3.8) is 0 Å². The zero-order chi connectivity index (χ0) is 11.4. The van der Waals surface area contributed by atoms with Gasteiger partial charge in [-0.15, -0.1) is 0 Å². The van der Waals surface area contributed by atoms with E-state index in [-0.39, 0.29) is 0 Å². The first-order valence-corrected chi connectivity index (χ1v) is 7.34. The Morgan fingerprint density at radius 1 is 1.38 bits per heavy atom. The minimum Gasteiger partial charge on any atom is -0.381 e. The number of nitrogens with one attached hydrogen (secondary N) is 1. The molecule has 0 saturated carbocycles. The van der Waals surface area contributed by atoms with Crippen LogP contribution in [0, 0.1) is 5.92 Å². The lowest BCUT2D eigenvalue weighted by Gasteiger charge is -2.23. The van der Waals surface area contributed by atoms with E-state index in [9.17, 15) is 0 Å². The summed E-state index contributed by atoms with van der Waals surface area (Å²) in [6.07, 6.45) is 2.86. The summed E-state index contributed by atoms with van der Waals surface area (Å²) in [5, 5.41) is 4.13. The van der Waals surface area contributed by atoms with E-state index in [2.05, 4.69) is 31.1 Å². The van der Waals surface area contributed by atoms with Crippen molar-refractivity contribution in [2.24, 2.45) is 5.92 Å². The van der Waals surface area contributed by atoms with E-state index in [1.54, 1.807) is 0 Å². The zero-order valence-corrected chi connectivity index (χ0v) is 11.1. The Labute approximate surface area is 103 Å². The lowest BCUT2D eigenvalue weighted by molar-refractivity contribution is 0.127. The van der Waals surface area contributed by atoms with Gasteiger partial charge in [0.2, 0.25) is 0 Å². The van der Waals surface area contributed by atoms with Crippen molar-refractivity contribution < 1.29 is 9.47 Å². The molecule has 0 aromatic heterocycles. The van der Waals surface area contributed by atoms with Crippen LogP contribution in [0.3, 0.4) is 0 Å². The molecule has 2 rings (SSSR count). The molecule has 2 fully saturated rings. The van der Waals surface area contributed by atoms with Crippen LogP contribution in [0.4, 0.5) is 0 Å². The van der Waals surface area contributed by atoms with Gasteiger partial charge in [-0.2, -0.15) is 11.8 Å². The largest absolute Gasteiger partial charge is 0.381 e. The molecule has 0 aromatic carbocycles. The second kappa shape index (κ2) is 6.24. The Kier molecular flexibility index (Phi) is 4.95. The molecule has 1 N–H and O–H groups in total. The number of ether oxygens (including phenoxy) is 2. The number of rotatable bonds is 5. The zero-order valence-electron chi connectivity index (χ0n) is 10.3. The van der Waals surface area contributed by atoms with Crippen LogP contribution in [0.1, 0.15) is 19.8 Å². The summed E-state index contributed by atoms with van der Waals surface area (Å²) >= 11 is 2.07. The number of hydrogen-bond donors (Lipinski definition) is 1. The normalized spacial score (nSPS) is 36.8. The van der Waals surface area contributed by atoms with Gasteiger partial charge < -0.3 is 14.8 Å². The molecule has 3 nitrogen and oxygen atoms in total. The molecule has 2 aliphatic rings. The maximum atomic E-state index is 5.59. The van der Waals surface area contributed by atoms with Gasteiger partial charge in [0.15, 0.2) is 0 Å². The Morgan fingerprint density at radius 3 is 2.81 bits per heavy atom. The molecule has 2 heterocycles. The van der Waals surface area contributed by atoms with Crippen molar-refractivity contribution in [3.8, 4) is 0 Å². The number of thioether (sulfide) groups is 1. The maximum Gasteiger partial charge on any atom is 0.0666 e. The van der Waals surface area contributed by atoms with Gasteiger partial charge in [-0.05, 0) is 26.8 Å². The van der Waals surface area contributed by atoms with E-state index in [0.717, 1.165) is 19.8 Å². The molecule has 16 heavy (non-hydrogen) atoms. The highest BCUT2D eigenvalue weighted by molar-refractivity contribution is 8.00. The molecule has 0 bridgehead atoms. The van der Waals surface area contributed by atoms with Crippen molar-refractivity contribution in [3.05, 3.63) is 0 Å². The molecular weight excluding hydrogens is 222 g/mol. The average Bonchev–Trinajstić information content (AvgIpc) is 2.92. The Bertz CT molecular complexity index is 209.